The molecular formula is C20H25N2Si+. The second kappa shape index (κ2) is 5.57. The molecule has 0 aliphatic carbocycles. The third-order valence-corrected chi connectivity index (χ3v) is 6.63. The first-order valence-electron chi connectivity index (χ1n) is 8.56. The van der Waals surface area contributed by atoms with Crippen LogP contribution >= 0.6 is 0 Å². The summed E-state index contributed by atoms with van der Waals surface area (Å²) in [6.45, 7) is 11.2. The lowest BCUT2D eigenvalue weighted by atomic mass is 10.0. The monoisotopic (exact) mass is 322 g/mol. The molecule has 0 saturated carbocycles. The second-order valence-corrected chi connectivity index (χ2v) is 12.4. The van der Waals surface area contributed by atoms with Crippen LogP contribution in [0.2, 0.25) is 19.6 Å². The number of hydrogen-bond donors (Lipinski definition) is 0. The summed E-state index contributed by atoms with van der Waals surface area (Å²) in [6.07, 6.45) is 3.76. The number of hydrogen-bond acceptors (Lipinski definition) is 1. The van der Waals surface area contributed by atoms with Gasteiger partial charge in [-0.05, 0) is 30.0 Å². The van der Waals surface area contributed by atoms with Crippen molar-refractivity contribution < 1.29 is 5.94 Å². The lowest BCUT2D eigenvalue weighted by molar-refractivity contribution is -0.665. The van der Waals surface area contributed by atoms with E-state index in [0.29, 0.717) is 6.04 Å². The fourth-order valence-corrected chi connectivity index (χ4v) is 4.15. The predicted octanol–water partition coefficient (Wildman–Crippen LogP) is 3.89. The Hall–Kier alpha value is -2.00. The Morgan fingerprint density at radius 1 is 1.13 bits per heavy atom. The highest BCUT2D eigenvalue weighted by Crippen LogP contribution is 2.27. The van der Waals surface area contributed by atoms with E-state index in [2.05, 4.69) is 54.3 Å². The molecule has 0 aliphatic rings. The number of aryl methyl sites for hydroxylation is 1. The number of nitrogens with zero attached hydrogens (tertiary/aromatic N) is 2. The molecule has 0 fully saturated rings. The van der Waals surface area contributed by atoms with Crippen LogP contribution in [-0.4, -0.2) is 13.1 Å². The molecule has 3 rings (SSSR count). The van der Waals surface area contributed by atoms with Gasteiger partial charge in [-0.3, -0.25) is 4.98 Å². The summed E-state index contributed by atoms with van der Waals surface area (Å²) in [4.78, 5) is 4.33. The predicted molar refractivity (Wildman–Crippen MR) is 101 cm³/mol. The summed E-state index contributed by atoms with van der Waals surface area (Å²) in [7, 11) is 0.628. The zero-order valence-electron chi connectivity index (χ0n) is 15.9. The molecule has 1 aromatic carbocycles. The van der Waals surface area contributed by atoms with E-state index in [1.807, 2.05) is 32.4 Å². The molecule has 0 atom stereocenters. The van der Waals surface area contributed by atoms with Crippen LogP contribution < -0.4 is 9.75 Å². The zero-order chi connectivity index (χ0) is 17.6. The molecule has 0 radical (unpaired) electrons. The van der Waals surface area contributed by atoms with Crippen LogP contribution in [0.4, 0.5) is 0 Å². The molecular weight excluding hydrogens is 296 g/mol. The van der Waals surface area contributed by atoms with Gasteiger partial charge in [-0.2, -0.15) is 4.57 Å². The lowest BCUT2D eigenvalue weighted by Crippen LogP contribution is -2.38. The van der Waals surface area contributed by atoms with Crippen LogP contribution in [-0.2, 0) is 7.05 Å². The number of benzene rings is 1. The van der Waals surface area contributed by atoms with Crippen LogP contribution in [0.3, 0.4) is 0 Å². The van der Waals surface area contributed by atoms with Gasteiger partial charge in [0.2, 0.25) is 5.69 Å². The topological polar surface area (TPSA) is 16.8 Å². The molecule has 2 nitrogen and oxygen atoms in total. The summed E-state index contributed by atoms with van der Waals surface area (Å²) < 4.78 is 10.7. The Kier molecular flexibility index (Phi) is 3.53. The SMILES string of the molecule is [2H]c1c(C)[n+](C)c(-c2cnccc2C)c2ccc([Si](C)(C)C)cc12. The molecule has 0 unspecified atom stereocenters. The number of rotatable bonds is 2. The van der Waals surface area contributed by atoms with Crippen molar-refractivity contribution in [2.45, 2.75) is 33.5 Å². The molecule has 2 heterocycles. The second-order valence-electron chi connectivity index (χ2n) is 7.32. The third kappa shape index (κ3) is 2.81. The Bertz CT molecular complexity index is 943. The van der Waals surface area contributed by atoms with Crippen molar-refractivity contribution in [3.63, 3.8) is 0 Å². The Labute approximate surface area is 141 Å². The van der Waals surface area contributed by atoms with Crippen molar-refractivity contribution in [1.82, 2.24) is 4.98 Å². The maximum atomic E-state index is 8.62. The molecule has 0 amide bonds. The number of fused-ring (bicyclic) bond motifs is 1. The van der Waals surface area contributed by atoms with E-state index in [0.717, 1.165) is 27.7 Å². The molecule has 0 bridgehead atoms. The van der Waals surface area contributed by atoms with Gasteiger partial charge in [-0.15, -0.1) is 0 Å². The Morgan fingerprint density at radius 2 is 1.87 bits per heavy atom. The summed E-state index contributed by atoms with van der Waals surface area (Å²) >= 11 is 0. The highest BCUT2D eigenvalue weighted by Gasteiger charge is 2.22. The van der Waals surface area contributed by atoms with Gasteiger partial charge in [-0.1, -0.05) is 37.0 Å². The van der Waals surface area contributed by atoms with E-state index in [1.165, 1.54) is 10.8 Å². The summed E-state index contributed by atoms with van der Waals surface area (Å²) in [5.41, 5.74) is 4.46. The summed E-state index contributed by atoms with van der Waals surface area (Å²) in [5.74, 6) is 0. The van der Waals surface area contributed by atoms with Crippen LogP contribution in [0.1, 0.15) is 12.6 Å². The number of aromatic nitrogens is 2. The smallest absolute Gasteiger partial charge is 0.222 e. The van der Waals surface area contributed by atoms with Gasteiger partial charge >= 0.3 is 0 Å². The molecule has 118 valence electrons. The Balaban J connectivity index is 2.45. The van der Waals surface area contributed by atoms with Crippen molar-refractivity contribution in [3.05, 3.63) is 54.0 Å². The molecule has 3 heteroatoms. The van der Waals surface area contributed by atoms with Gasteiger partial charge in [0.05, 0.1) is 20.4 Å². The third-order valence-electron chi connectivity index (χ3n) is 4.59. The highest BCUT2D eigenvalue weighted by atomic mass is 28.3. The van der Waals surface area contributed by atoms with Crippen LogP contribution in [0.25, 0.3) is 22.0 Å². The van der Waals surface area contributed by atoms with Crippen LogP contribution in [0, 0.1) is 13.8 Å². The zero-order valence-corrected chi connectivity index (χ0v) is 15.9. The van der Waals surface area contributed by atoms with E-state index in [-0.39, 0.29) is 0 Å². The van der Waals surface area contributed by atoms with Crippen molar-refractivity contribution in [3.8, 4) is 11.3 Å². The van der Waals surface area contributed by atoms with E-state index >= 15 is 0 Å². The molecule has 0 saturated heterocycles. The van der Waals surface area contributed by atoms with Crippen molar-refractivity contribution in [2.75, 3.05) is 0 Å². The quantitative estimate of drug-likeness (QED) is 0.517. The minimum atomic E-state index is -1.41. The molecule has 3 aromatic rings. The average molecular weight is 323 g/mol. The maximum absolute atomic E-state index is 8.62. The Morgan fingerprint density at radius 3 is 2.52 bits per heavy atom. The van der Waals surface area contributed by atoms with Gasteiger partial charge in [-0.25, -0.2) is 0 Å². The van der Waals surface area contributed by atoms with Gasteiger partial charge in [0.25, 0.3) is 0 Å². The molecule has 0 aliphatic heterocycles. The molecule has 0 N–H and O–H groups in total. The van der Waals surface area contributed by atoms with Gasteiger partial charge in [0.1, 0.15) is 7.05 Å². The molecule has 2 aromatic heterocycles. The summed E-state index contributed by atoms with van der Waals surface area (Å²) in [6, 6.07) is 9.35. The van der Waals surface area contributed by atoms with E-state index in [9.17, 15) is 0 Å². The highest BCUT2D eigenvalue weighted by molar-refractivity contribution is 6.88. The normalized spacial score (nSPS) is 12.5. The molecule has 0 spiro atoms. The fraction of sp³-hybridized carbons (Fsp3) is 0.300. The van der Waals surface area contributed by atoms with E-state index in [4.69, 9.17) is 1.37 Å². The van der Waals surface area contributed by atoms with Crippen molar-refractivity contribution in [2.24, 2.45) is 7.05 Å². The lowest BCUT2D eigenvalue weighted by Gasteiger charge is -2.18. The van der Waals surface area contributed by atoms with Gasteiger partial charge in [0.15, 0.2) is 5.69 Å². The first-order chi connectivity index (χ1) is 11.2. The maximum Gasteiger partial charge on any atom is 0.222 e. The van der Waals surface area contributed by atoms with Gasteiger partial charge < -0.3 is 0 Å². The fourth-order valence-electron chi connectivity index (χ4n) is 2.99. The van der Waals surface area contributed by atoms with Crippen LogP contribution in [0.15, 0.2) is 42.7 Å². The molecule has 23 heavy (non-hydrogen) atoms. The van der Waals surface area contributed by atoms with Gasteiger partial charge in [0, 0.05) is 25.4 Å². The van der Waals surface area contributed by atoms with Crippen molar-refractivity contribution in [1.29, 1.82) is 0 Å². The first-order valence-corrected chi connectivity index (χ1v) is 11.6. The standard InChI is InChI=1S/C20H25N2Si/c1-14-9-10-21-13-19(14)20-18-8-7-17(23(4,5)6)12-16(18)11-15(2)22(20)3/h7-13H,1-6H3/q+1/i11D. The minimum absolute atomic E-state index is 0.623. The van der Waals surface area contributed by atoms with Crippen LogP contribution in [0.5, 0.6) is 0 Å². The largest absolute Gasteiger partial charge is 0.264 e. The average Bonchev–Trinajstić information content (AvgIpc) is 2.53. The van der Waals surface area contributed by atoms with E-state index in [1.54, 1.807) is 0 Å². The first kappa shape index (κ1) is 14.6. The minimum Gasteiger partial charge on any atom is -0.264 e. The van der Waals surface area contributed by atoms with E-state index < -0.39 is 8.07 Å². The van der Waals surface area contributed by atoms with Crippen molar-refractivity contribution >= 4 is 24.0 Å². The number of pyridine rings is 2. The summed E-state index contributed by atoms with van der Waals surface area (Å²) in [5, 5.41) is 3.57.